The van der Waals surface area contributed by atoms with Gasteiger partial charge in [-0.15, -0.1) is 0 Å². The third-order valence-electron chi connectivity index (χ3n) is 3.85. The van der Waals surface area contributed by atoms with Crippen LogP contribution in [0.4, 0.5) is 13.2 Å². The molecule has 0 bridgehead atoms. The number of carbonyl (C=O) groups is 2. The van der Waals surface area contributed by atoms with E-state index in [1.165, 1.54) is 0 Å². The fourth-order valence-electron chi connectivity index (χ4n) is 2.30. The van der Waals surface area contributed by atoms with E-state index in [2.05, 4.69) is 27.3 Å². The zero-order valence-corrected chi connectivity index (χ0v) is 21.4. The fraction of sp³-hybridized carbons (Fsp3) is 0.467. The molecule has 14 heteroatoms. The van der Waals surface area contributed by atoms with Crippen LogP contribution in [0.3, 0.4) is 0 Å². The van der Waals surface area contributed by atoms with E-state index in [1.807, 2.05) is 51.2 Å². The molecule has 3 atom stereocenters. The summed E-state index contributed by atoms with van der Waals surface area (Å²) in [5, 5.41) is 0. The molecule has 0 aromatic heterocycles. The van der Waals surface area contributed by atoms with Crippen molar-refractivity contribution in [3.05, 3.63) is 28.4 Å². The molecule has 1 aromatic carbocycles. The lowest BCUT2D eigenvalue weighted by atomic mass is 10.2. The Hall–Kier alpha value is 0.0500. The summed E-state index contributed by atoms with van der Waals surface area (Å²) in [6.45, 7) is -0.189. The maximum absolute atomic E-state index is 12.8. The van der Waals surface area contributed by atoms with Crippen molar-refractivity contribution in [1.82, 2.24) is 0 Å². The van der Waals surface area contributed by atoms with Crippen molar-refractivity contribution in [3.8, 4) is 0 Å². The lowest BCUT2D eigenvalue weighted by Crippen LogP contribution is -2.40. The Bertz CT molecular complexity index is 920. The highest BCUT2D eigenvalue weighted by atomic mass is 127. The number of ether oxygens (including phenoxy) is 2. The van der Waals surface area contributed by atoms with Gasteiger partial charge >= 0.3 is 18.1 Å². The molecule has 162 valence electrons. The number of carbonyl (C=O) groups excluding carboxylic acids is 2. The molecule has 1 aliphatic carbocycles. The van der Waals surface area contributed by atoms with Gasteiger partial charge in [-0.25, -0.2) is 4.79 Å². The van der Waals surface area contributed by atoms with Gasteiger partial charge in [0, 0.05) is 16.6 Å². The maximum Gasteiger partial charge on any atom is 0.426 e. The normalized spacial score (nSPS) is 20.1. The van der Waals surface area contributed by atoms with Crippen LogP contribution < -0.4 is 0 Å². The number of rotatable bonds is 7. The summed E-state index contributed by atoms with van der Waals surface area (Å²) in [6, 6.07) is 3.50. The van der Waals surface area contributed by atoms with Gasteiger partial charge in [0.05, 0.1) is 18.1 Å². The minimum absolute atomic E-state index is 0.142. The van der Waals surface area contributed by atoms with Gasteiger partial charge in [-0.3, -0.25) is 9.35 Å². The number of esters is 2. The molecule has 3 unspecified atom stereocenters. The highest BCUT2D eigenvalue weighted by molar-refractivity contribution is 14.1. The van der Waals surface area contributed by atoms with Gasteiger partial charge in [-0.05, 0) is 86.3 Å². The van der Waals surface area contributed by atoms with Crippen molar-refractivity contribution in [2.24, 2.45) is 11.8 Å². The first-order valence-electron chi connectivity index (χ1n) is 7.73. The van der Waals surface area contributed by atoms with E-state index >= 15 is 0 Å². The Morgan fingerprint density at radius 2 is 1.86 bits per heavy atom. The first-order chi connectivity index (χ1) is 13.2. The first-order valence-corrected chi connectivity index (χ1v) is 12.6. The van der Waals surface area contributed by atoms with Gasteiger partial charge < -0.3 is 9.47 Å². The zero-order chi connectivity index (χ0) is 22.1. The Kier molecular flexibility index (Phi) is 8.45. The summed E-state index contributed by atoms with van der Waals surface area (Å²) in [6.07, 6.45) is -7.98. The zero-order valence-electron chi connectivity index (χ0n) is 14.1. The molecule has 1 fully saturated rings. The van der Waals surface area contributed by atoms with Crippen molar-refractivity contribution in [3.63, 3.8) is 0 Å². The summed E-state index contributed by atoms with van der Waals surface area (Å²) in [4.78, 5) is 24.1. The third-order valence-corrected chi connectivity index (χ3v) is 8.24. The number of benzene rings is 1. The Labute approximate surface area is 204 Å². The molecule has 0 saturated heterocycles. The van der Waals surface area contributed by atoms with Crippen LogP contribution in [-0.4, -0.2) is 49.5 Å². The van der Waals surface area contributed by atoms with Gasteiger partial charge in [0.2, 0.25) is 6.10 Å². The molecule has 0 radical (unpaired) electrons. The molecule has 0 heterocycles. The standard InChI is InChI=1S/C15H12F3I3O7S/c16-15(17,18)11(5-29(24,25)26)28-14(23)8-1-6(8)4-27-13(22)9-2-7(19)3-10(20)12(9)21/h2-3,6,8,11H,1,4-5H2,(H,24,25,26). The summed E-state index contributed by atoms with van der Waals surface area (Å²) >= 11 is 6.10. The van der Waals surface area contributed by atoms with Crippen molar-refractivity contribution >= 4 is 89.8 Å². The largest absolute Gasteiger partial charge is 0.462 e. The van der Waals surface area contributed by atoms with Crippen molar-refractivity contribution < 1.29 is 45.2 Å². The molecular formula is C15H12F3I3O7S. The second kappa shape index (κ2) is 9.68. The van der Waals surface area contributed by atoms with Crippen LogP contribution in [0, 0.1) is 22.5 Å². The van der Waals surface area contributed by atoms with Crippen molar-refractivity contribution in [1.29, 1.82) is 0 Å². The highest BCUT2D eigenvalue weighted by Crippen LogP contribution is 2.41. The molecule has 7 nitrogen and oxygen atoms in total. The summed E-state index contributed by atoms with van der Waals surface area (Å²) in [7, 11) is -5.00. The quantitative estimate of drug-likeness (QED) is 0.195. The van der Waals surface area contributed by atoms with Gasteiger partial charge in [0.25, 0.3) is 10.1 Å². The van der Waals surface area contributed by atoms with E-state index in [1.54, 1.807) is 6.07 Å². The number of hydrogen-bond donors (Lipinski definition) is 1. The molecule has 29 heavy (non-hydrogen) atoms. The van der Waals surface area contributed by atoms with E-state index in [-0.39, 0.29) is 13.0 Å². The van der Waals surface area contributed by atoms with Crippen LogP contribution in [0.25, 0.3) is 0 Å². The van der Waals surface area contributed by atoms with E-state index < -0.39 is 51.9 Å². The second-order valence-corrected chi connectivity index (χ2v) is 11.1. The lowest BCUT2D eigenvalue weighted by molar-refractivity contribution is -0.216. The SMILES string of the molecule is O=C(OCC1CC1C(=O)OC(CS(=O)(=O)O)C(F)(F)F)c1cc(I)cc(I)c1I. The summed E-state index contributed by atoms with van der Waals surface area (Å²) in [5.41, 5.74) is 0.340. The molecule has 0 aliphatic heterocycles. The number of hydrogen-bond acceptors (Lipinski definition) is 6. The molecule has 1 N–H and O–H groups in total. The van der Waals surface area contributed by atoms with Crippen LogP contribution in [0.2, 0.25) is 0 Å². The Morgan fingerprint density at radius 3 is 2.41 bits per heavy atom. The molecular weight excluding hydrogens is 762 g/mol. The number of halogens is 6. The van der Waals surface area contributed by atoms with Crippen molar-refractivity contribution in [2.75, 3.05) is 12.4 Å². The molecule has 1 aromatic rings. The smallest absolute Gasteiger partial charge is 0.426 e. The van der Waals surface area contributed by atoms with E-state index in [0.29, 0.717) is 9.13 Å². The average Bonchev–Trinajstić information content (AvgIpc) is 3.33. The van der Waals surface area contributed by atoms with E-state index in [0.717, 1.165) is 7.14 Å². The van der Waals surface area contributed by atoms with Crippen LogP contribution >= 0.6 is 67.8 Å². The van der Waals surface area contributed by atoms with Gasteiger partial charge in [0.15, 0.2) is 0 Å². The van der Waals surface area contributed by atoms with E-state index in [9.17, 15) is 31.2 Å². The van der Waals surface area contributed by atoms with Crippen LogP contribution in [0.1, 0.15) is 16.8 Å². The van der Waals surface area contributed by atoms with Gasteiger partial charge in [0.1, 0.15) is 5.75 Å². The second-order valence-electron chi connectivity index (χ2n) is 6.17. The van der Waals surface area contributed by atoms with Gasteiger partial charge in [-0.1, -0.05) is 0 Å². The Balaban J connectivity index is 1.92. The fourth-order valence-corrected chi connectivity index (χ4v) is 5.32. The van der Waals surface area contributed by atoms with Crippen LogP contribution in [0.5, 0.6) is 0 Å². The predicted molar refractivity (Wildman–Crippen MR) is 119 cm³/mol. The molecule has 0 amide bonds. The average molecular weight is 774 g/mol. The minimum Gasteiger partial charge on any atom is -0.462 e. The maximum atomic E-state index is 12.8. The predicted octanol–water partition coefficient (Wildman–Crippen LogP) is 3.66. The molecule has 0 spiro atoms. The Morgan fingerprint density at radius 1 is 1.24 bits per heavy atom. The van der Waals surface area contributed by atoms with Crippen LogP contribution in [-0.2, 0) is 24.4 Å². The first kappa shape index (κ1) is 25.3. The molecule has 1 aliphatic rings. The minimum atomic E-state index is -5.15. The summed E-state index contributed by atoms with van der Waals surface area (Å²) < 4.78 is 80.2. The topological polar surface area (TPSA) is 107 Å². The van der Waals surface area contributed by atoms with Gasteiger partial charge in [-0.2, -0.15) is 21.6 Å². The third kappa shape index (κ3) is 7.60. The van der Waals surface area contributed by atoms with Crippen molar-refractivity contribution in [2.45, 2.75) is 18.7 Å². The number of alkyl halides is 3. The van der Waals surface area contributed by atoms with Crippen LogP contribution in [0.15, 0.2) is 12.1 Å². The lowest BCUT2D eigenvalue weighted by Gasteiger charge is -2.19. The monoisotopic (exact) mass is 774 g/mol. The van der Waals surface area contributed by atoms with E-state index in [4.69, 9.17) is 9.29 Å². The highest BCUT2D eigenvalue weighted by Gasteiger charge is 2.50. The molecule has 2 rings (SSSR count). The molecule has 1 saturated carbocycles. The summed E-state index contributed by atoms with van der Waals surface area (Å²) in [5.74, 6) is -5.12.